The maximum atomic E-state index is 12.0. The predicted molar refractivity (Wildman–Crippen MR) is 76.5 cm³/mol. The van der Waals surface area contributed by atoms with Gasteiger partial charge in [0.2, 0.25) is 0 Å². The van der Waals surface area contributed by atoms with Crippen LogP contribution in [0.2, 0.25) is 0 Å². The van der Waals surface area contributed by atoms with Gasteiger partial charge in [-0.25, -0.2) is 8.42 Å². The van der Waals surface area contributed by atoms with Crippen LogP contribution in [0.3, 0.4) is 0 Å². The topological polar surface area (TPSA) is 88.5 Å². The molecule has 7 heteroatoms. The zero-order valence-electron chi connectivity index (χ0n) is 11.0. The molecule has 5 nitrogen and oxygen atoms in total. The molecular weight excluding hydrogens is 300 g/mol. The summed E-state index contributed by atoms with van der Waals surface area (Å²) in [7, 11) is -7.65. The number of hydrogen-bond acceptors (Lipinski definition) is 4. The van der Waals surface area contributed by atoms with Crippen molar-refractivity contribution in [3.05, 3.63) is 30.3 Å². The highest BCUT2D eigenvalue weighted by Gasteiger charge is 2.20. The van der Waals surface area contributed by atoms with E-state index in [9.17, 15) is 16.8 Å². The largest absolute Gasteiger partial charge is 0.286 e. The first kappa shape index (κ1) is 16.7. The predicted octanol–water partition coefficient (Wildman–Crippen LogP) is 1.38. The molecule has 1 N–H and O–H groups in total. The highest BCUT2D eigenvalue weighted by Crippen LogP contribution is 2.15. The van der Waals surface area contributed by atoms with E-state index < -0.39 is 31.6 Å². The van der Waals surface area contributed by atoms with Gasteiger partial charge in [0.05, 0.1) is 16.4 Å². The lowest BCUT2D eigenvalue weighted by Crippen LogP contribution is -2.18. The van der Waals surface area contributed by atoms with Gasteiger partial charge in [-0.3, -0.25) is 4.55 Å². The Labute approximate surface area is 119 Å². The Hall–Kier alpha value is -1.36. The van der Waals surface area contributed by atoms with E-state index in [1.54, 1.807) is 18.2 Å². The molecule has 0 spiro atoms. The van der Waals surface area contributed by atoms with Crippen molar-refractivity contribution in [3.8, 4) is 11.8 Å². The number of benzene rings is 1. The van der Waals surface area contributed by atoms with Gasteiger partial charge < -0.3 is 0 Å². The Morgan fingerprint density at radius 1 is 1.15 bits per heavy atom. The summed E-state index contributed by atoms with van der Waals surface area (Å²) in [5.41, 5.74) is 0. The SMILES string of the molecule is CC#CC(CCS(=O)(=O)c1ccccc1)CS(=O)(=O)O. The molecule has 0 bridgehead atoms. The van der Waals surface area contributed by atoms with Crippen molar-refractivity contribution in [2.24, 2.45) is 5.92 Å². The van der Waals surface area contributed by atoms with E-state index in [1.165, 1.54) is 19.1 Å². The molecule has 1 atom stereocenters. The second-order valence-electron chi connectivity index (χ2n) is 4.26. The van der Waals surface area contributed by atoms with Crippen LogP contribution < -0.4 is 0 Å². The summed E-state index contributed by atoms with van der Waals surface area (Å²) in [5, 5.41) is 0. The van der Waals surface area contributed by atoms with Gasteiger partial charge >= 0.3 is 0 Å². The molecule has 0 heterocycles. The first-order valence-corrected chi connectivity index (χ1v) is 9.16. The van der Waals surface area contributed by atoms with E-state index in [0.29, 0.717) is 0 Å². The van der Waals surface area contributed by atoms with Crippen molar-refractivity contribution in [3.63, 3.8) is 0 Å². The van der Waals surface area contributed by atoms with E-state index >= 15 is 0 Å². The lowest BCUT2D eigenvalue weighted by molar-refractivity contribution is 0.474. The Balaban J connectivity index is 2.79. The van der Waals surface area contributed by atoms with Crippen LogP contribution in [-0.2, 0) is 20.0 Å². The second-order valence-corrected chi connectivity index (χ2v) is 7.87. The van der Waals surface area contributed by atoms with Crippen molar-refractivity contribution in [2.45, 2.75) is 18.2 Å². The highest BCUT2D eigenvalue weighted by atomic mass is 32.2. The van der Waals surface area contributed by atoms with Gasteiger partial charge in [-0.2, -0.15) is 8.42 Å². The minimum absolute atomic E-state index is 0.0534. The van der Waals surface area contributed by atoms with E-state index in [1.807, 2.05) is 0 Å². The molecule has 110 valence electrons. The average molecular weight is 316 g/mol. The Kier molecular flexibility index (Phi) is 5.74. The van der Waals surface area contributed by atoms with Crippen LogP contribution in [0.4, 0.5) is 0 Å². The van der Waals surface area contributed by atoms with Gasteiger partial charge in [0.25, 0.3) is 10.1 Å². The summed E-state index contributed by atoms with van der Waals surface area (Å²) in [6, 6.07) is 7.92. The van der Waals surface area contributed by atoms with Crippen molar-refractivity contribution >= 4 is 20.0 Å². The third-order valence-corrected chi connectivity index (χ3v) is 5.18. The van der Waals surface area contributed by atoms with E-state index in [0.717, 1.165) is 0 Å². The summed E-state index contributed by atoms with van der Waals surface area (Å²) < 4.78 is 54.6. The van der Waals surface area contributed by atoms with Gasteiger partial charge in [0.1, 0.15) is 0 Å². The molecule has 1 rings (SSSR count). The van der Waals surface area contributed by atoms with Crippen LogP contribution in [0, 0.1) is 17.8 Å². The van der Waals surface area contributed by atoms with Crippen LogP contribution in [0.25, 0.3) is 0 Å². The average Bonchev–Trinajstić information content (AvgIpc) is 2.36. The molecule has 1 unspecified atom stereocenters. The Bertz CT molecular complexity index is 694. The van der Waals surface area contributed by atoms with Crippen molar-refractivity contribution < 1.29 is 21.4 Å². The first-order valence-electron chi connectivity index (χ1n) is 5.90. The summed E-state index contributed by atoms with van der Waals surface area (Å²) >= 11 is 0. The third kappa shape index (κ3) is 5.74. The lowest BCUT2D eigenvalue weighted by atomic mass is 10.1. The second kappa shape index (κ2) is 6.88. The molecule has 0 fully saturated rings. The first-order chi connectivity index (χ1) is 9.24. The molecule has 0 saturated heterocycles. The molecule has 0 aliphatic carbocycles. The van der Waals surface area contributed by atoms with Gasteiger partial charge in [0.15, 0.2) is 9.84 Å². The summed E-state index contributed by atoms with van der Waals surface area (Å²) in [6.07, 6.45) is 0.0534. The number of sulfone groups is 1. The Morgan fingerprint density at radius 3 is 2.25 bits per heavy atom. The summed E-state index contributed by atoms with van der Waals surface area (Å²) in [4.78, 5) is 0.190. The zero-order valence-corrected chi connectivity index (χ0v) is 12.6. The molecule has 0 amide bonds. The smallest absolute Gasteiger partial charge is 0.266 e. The maximum absolute atomic E-state index is 12.0. The summed E-state index contributed by atoms with van der Waals surface area (Å²) in [5.74, 6) is 3.68. The van der Waals surface area contributed by atoms with Gasteiger partial charge in [0, 0.05) is 5.92 Å². The molecule has 20 heavy (non-hydrogen) atoms. The van der Waals surface area contributed by atoms with Crippen molar-refractivity contribution in [1.82, 2.24) is 0 Å². The van der Waals surface area contributed by atoms with E-state index in [-0.39, 0.29) is 17.1 Å². The molecule has 0 aromatic heterocycles. The third-order valence-electron chi connectivity index (χ3n) is 2.60. The molecule has 0 saturated carbocycles. The van der Waals surface area contributed by atoms with E-state index in [2.05, 4.69) is 11.8 Å². The van der Waals surface area contributed by atoms with Crippen LogP contribution in [-0.4, -0.2) is 32.9 Å². The maximum Gasteiger partial charge on any atom is 0.266 e. The quantitative estimate of drug-likeness (QED) is 0.632. The lowest BCUT2D eigenvalue weighted by Gasteiger charge is -2.09. The van der Waals surface area contributed by atoms with Crippen LogP contribution >= 0.6 is 0 Å². The standard InChI is InChI=1S/C13H16O5S2/c1-2-6-12(11-20(16,17)18)9-10-19(14,15)13-7-4-3-5-8-13/h3-5,7-8,12H,9-11H2,1H3,(H,16,17,18). The van der Waals surface area contributed by atoms with Gasteiger partial charge in [-0.1, -0.05) is 24.1 Å². The molecule has 0 radical (unpaired) electrons. The minimum atomic E-state index is -4.18. The number of rotatable bonds is 6. The fraction of sp³-hybridized carbons (Fsp3) is 0.385. The minimum Gasteiger partial charge on any atom is -0.286 e. The summed E-state index contributed by atoms with van der Waals surface area (Å²) in [6.45, 7) is 1.53. The fourth-order valence-corrected chi connectivity index (χ4v) is 3.86. The van der Waals surface area contributed by atoms with Crippen molar-refractivity contribution in [1.29, 1.82) is 0 Å². The van der Waals surface area contributed by atoms with Crippen LogP contribution in [0.15, 0.2) is 35.2 Å². The van der Waals surface area contributed by atoms with Crippen molar-refractivity contribution in [2.75, 3.05) is 11.5 Å². The van der Waals surface area contributed by atoms with Crippen LogP contribution in [0.1, 0.15) is 13.3 Å². The van der Waals surface area contributed by atoms with Gasteiger partial charge in [-0.15, -0.1) is 5.92 Å². The molecule has 1 aromatic carbocycles. The molecular formula is C13H16O5S2. The number of hydrogen-bond donors (Lipinski definition) is 1. The monoisotopic (exact) mass is 316 g/mol. The molecule has 1 aromatic rings. The Morgan fingerprint density at radius 2 is 1.75 bits per heavy atom. The van der Waals surface area contributed by atoms with Crippen LogP contribution in [0.5, 0.6) is 0 Å². The fourth-order valence-electron chi connectivity index (χ4n) is 1.70. The normalized spacial score (nSPS) is 13.3. The van der Waals surface area contributed by atoms with Gasteiger partial charge in [-0.05, 0) is 25.5 Å². The highest BCUT2D eigenvalue weighted by molar-refractivity contribution is 7.91. The van der Waals surface area contributed by atoms with E-state index in [4.69, 9.17) is 4.55 Å². The molecule has 0 aliphatic rings. The molecule has 0 aliphatic heterocycles. The zero-order chi connectivity index (χ0) is 15.2.